The van der Waals surface area contributed by atoms with Crippen molar-refractivity contribution in [3.8, 4) is 0 Å². The van der Waals surface area contributed by atoms with Gasteiger partial charge in [-0.2, -0.15) is 0 Å². The summed E-state index contributed by atoms with van der Waals surface area (Å²) < 4.78 is 31.6. The standard InChI is InChI=1S/C12H14ClF2NO/c13-6-11-8-17-4-3-16(11)7-9-1-2-10(14)5-12(9)15/h1-2,5,11H,3-4,6-8H2. The largest absolute Gasteiger partial charge is 0.378 e. The highest BCUT2D eigenvalue weighted by molar-refractivity contribution is 6.18. The Morgan fingerprint density at radius 3 is 2.94 bits per heavy atom. The van der Waals surface area contributed by atoms with Crippen LogP contribution in [0.2, 0.25) is 0 Å². The number of hydrogen-bond donors (Lipinski definition) is 0. The molecule has 1 aromatic carbocycles. The molecule has 0 amide bonds. The molecule has 94 valence electrons. The van der Waals surface area contributed by atoms with Crippen LogP contribution in [0.25, 0.3) is 0 Å². The van der Waals surface area contributed by atoms with Crippen molar-refractivity contribution in [2.75, 3.05) is 25.6 Å². The van der Waals surface area contributed by atoms with Crippen LogP contribution in [0.5, 0.6) is 0 Å². The van der Waals surface area contributed by atoms with Crippen molar-refractivity contribution in [3.05, 3.63) is 35.4 Å². The summed E-state index contributed by atoms with van der Waals surface area (Å²) >= 11 is 5.83. The summed E-state index contributed by atoms with van der Waals surface area (Å²) in [5, 5.41) is 0. The molecule has 1 fully saturated rings. The van der Waals surface area contributed by atoms with E-state index in [1.54, 1.807) is 0 Å². The van der Waals surface area contributed by atoms with Crippen LogP contribution in [0.4, 0.5) is 8.78 Å². The summed E-state index contributed by atoms with van der Waals surface area (Å²) in [6.45, 7) is 2.34. The van der Waals surface area contributed by atoms with Crippen molar-refractivity contribution >= 4 is 11.6 Å². The first-order valence-electron chi connectivity index (χ1n) is 5.52. The minimum Gasteiger partial charge on any atom is -0.378 e. The number of ether oxygens (including phenoxy) is 1. The Morgan fingerprint density at radius 2 is 2.24 bits per heavy atom. The van der Waals surface area contributed by atoms with E-state index in [2.05, 4.69) is 4.90 Å². The summed E-state index contributed by atoms with van der Waals surface area (Å²) in [6, 6.07) is 3.75. The van der Waals surface area contributed by atoms with Gasteiger partial charge in [-0.3, -0.25) is 4.90 Å². The van der Waals surface area contributed by atoms with Gasteiger partial charge in [0.25, 0.3) is 0 Å². The lowest BCUT2D eigenvalue weighted by atomic mass is 10.1. The van der Waals surface area contributed by atoms with E-state index in [-0.39, 0.29) is 6.04 Å². The fraction of sp³-hybridized carbons (Fsp3) is 0.500. The molecule has 0 N–H and O–H groups in total. The highest BCUT2D eigenvalue weighted by atomic mass is 35.5. The van der Waals surface area contributed by atoms with Gasteiger partial charge in [-0.1, -0.05) is 6.07 Å². The monoisotopic (exact) mass is 261 g/mol. The van der Waals surface area contributed by atoms with Crippen molar-refractivity contribution in [2.24, 2.45) is 0 Å². The molecule has 0 bridgehead atoms. The average molecular weight is 262 g/mol. The molecule has 1 heterocycles. The molecule has 1 unspecified atom stereocenters. The Bertz CT molecular complexity index is 389. The van der Waals surface area contributed by atoms with E-state index in [1.165, 1.54) is 12.1 Å². The zero-order chi connectivity index (χ0) is 12.3. The van der Waals surface area contributed by atoms with Crippen LogP contribution in [0.3, 0.4) is 0 Å². The fourth-order valence-corrected chi connectivity index (χ4v) is 2.19. The average Bonchev–Trinajstić information content (AvgIpc) is 2.33. The van der Waals surface area contributed by atoms with Crippen LogP contribution < -0.4 is 0 Å². The molecule has 0 saturated carbocycles. The molecule has 1 aromatic rings. The molecule has 0 aliphatic carbocycles. The second kappa shape index (κ2) is 5.76. The number of nitrogens with zero attached hydrogens (tertiary/aromatic N) is 1. The Balaban J connectivity index is 2.08. The lowest BCUT2D eigenvalue weighted by molar-refractivity contribution is -0.00348. The van der Waals surface area contributed by atoms with E-state index in [9.17, 15) is 8.78 Å². The summed E-state index contributed by atoms with van der Waals surface area (Å²) in [5.41, 5.74) is 0.489. The molecule has 0 radical (unpaired) electrons. The van der Waals surface area contributed by atoms with E-state index in [1.807, 2.05) is 0 Å². The summed E-state index contributed by atoms with van der Waals surface area (Å²) in [4.78, 5) is 2.06. The lowest BCUT2D eigenvalue weighted by Gasteiger charge is -2.34. The van der Waals surface area contributed by atoms with Crippen LogP contribution in [0.15, 0.2) is 18.2 Å². The predicted molar refractivity (Wildman–Crippen MR) is 62.1 cm³/mol. The molecule has 0 aromatic heterocycles. The maximum atomic E-state index is 13.5. The zero-order valence-corrected chi connectivity index (χ0v) is 10.1. The highest BCUT2D eigenvalue weighted by Crippen LogP contribution is 2.16. The minimum atomic E-state index is -0.554. The number of benzene rings is 1. The molecular weight excluding hydrogens is 248 g/mol. The third-order valence-corrected chi connectivity index (χ3v) is 3.27. The molecule has 0 spiro atoms. The lowest BCUT2D eigenvalue weighted by Crippen LogP contribution is -2.46. The Kier molecular flexibility index (Phi) is 4.31. The van der Waals surface area contributed by atoms with Crippen LogP contribution in [-0.2, 0) is 11.3 Å². The van der Waals surface area contributed by atoms with Gasteiger partial charge in [0, 0.05) is 36.6 Å². The molecule has 1 aliphatic heterocycles. The van der Waals surface area contributed by atoms with Gasteiger partial charge >= 0.3 is 0 Å². The Morgan fingerprint density at radius 1 is 1.41 bits per heavy atom. The zero-order valence-electron chi connectivity index (χ0n) is 9.33. The van der Waals surface area contributed by atoms with Crippen LogP contribution in [-0.4, -0.2) is 36.6 Å². The number of morpholine rings is 1. The Labute approximate surface area is 104 Å². The third kappa shape index (κ3) is 3.15. The van der Waals surface area contributed by atoms with Gasteiger partial charge in [-0.25, -0.2) is 8.78 Å². The van der Waals surface area contributed by atoms with Crippen molar-refractivity contribution in [1.29, 1.82) is 0 Å². The van der Waals surface area contributed by atoms with E-state index in [0.29, 0.717) is 37.7 Å². The molecular formula is C12H14ClF2NO. The number of halogens is 3. The maximum absolute atomic E-state index is 13.5. The summed E-state index contributed by atoms with van der Waals surface area (Å²) in [6.07, 6.45) is 0. The normalized spacial score (nSPS) is 21.7. The predicted octanol–water partition coefficient (Wildman–Crippen LogP) is 2.40. The third-order valence-electron chi connectivity index (χ3n) is 2.92. The summed E-state index contributed by atoms with van der Waals surface area (Å²) in [5.74, 6) is -0.616. The molecule has 1 saturated heterocycles. The first-order valence-corrected chi connectivity index (χ1v) is 6.06. The van der Waals surface area contributed by atoms with Crippen molar-refractivity contribution in [1.82, 2.24) is 4.90 Å². The second-order valence-corrected chi connectivity index (χ2v) is 4.40. The van der Waals surface area contributed by atoms with Gasteiger partial charge in [0.15, 0.2) is 0 Å². The topological polar surface area (TPSA) is 12.5 Å². The van der Waals surface area contributed by atoms with Crippen LogP contribution >= 0.6 is 11.6 Å². The Hall–Kier alpha value is -0.710. The van der Waals surface area contributed by atoms with Gasteiger partial charge in [-0.05, 0) is 6.07 Å². The smallest absolute Gasteiger partial charge is 0.130 e. The van der Waals surface area contributed by atoms with Crippen molar-refractivity contribution < 1.29 is 13.5 Å². The van der Waals surface area contributed by atoms with E-state index >= 15 is 0 Å². The number of hydrogen-bond acceptors (Lipinski definition) is 2. The molecule has 1 atom stereocenters. The molecule has 17 heavy (non-hydrogen) atoms. The molecule has 2 rings (SSSR count). The summed E-state index contributed by atoms with van der Waals surface area (Å²) in [7, 11) is 0. The van der Waals surface area contributed by atoms with Crippen molar-refractivity contribution in [2.45, 2.75) is 12.6 Å². The second-order valence-electron chi connectivity index (χ2n) is 4.09. The maximum Gasteiger partial charge on any atom is 0.130 e. The minimum absolute atomic E-state index is 0.0925. The molecule has 2 nitrogen and oxygen atoms in total. The number of alkyl halides is 1. The van der Waals surface area contributed by atoms with E-state index < -0.39 is 11.6 Å². The van der Waals surface area contributed by atoms with Gasteiger partial charge in [0.2, 0.25) is 0 Å². The highest BCUT2D eigenvalue weighted by Gasteiger charge is 2.23. The fourth-order valence-electron chi connectivity index (χ4n) is 1.91. The van der Waals surface area contributed by atoms with Crippen LogP contribution in [0, 0.1) is 11.6 Å². The number of rotatable bonds is 3. The van der Waals surface area contributed by atoms with Crippen LogP contribution in [0.1, 0.15) is 5.56 Å². The quantitative estimate of drug-likeness (QED) is 0.775. The SMILES string of the molecule is Fc1ccc(CN2CCOCC2CCl)c(F)c1. The van der Waals surface area contributed by atoms with E-state index in [4.69, 9.17) is 16.3 Å². The van der Waals surface area contributed by atoms with Gasteiger partial charge < -0.3 is 4.74 Å². The van der Waals surface area contributed by atoms with Gasteiger partial charge in [-0.15, -0.1) is 11.6 Å². The van der Waals surface area contributed by atoms with Gasteiger partial charge in [0.1, 0.15) is 11.6 Å². The first kappa shape index (κ1) is 12.7. The molecule has 5 heteroatoms. The first-order chi connectivity index (χ1) is 8.20. The van der Waals surface area contributed by atoms with E-state index in [0.717, 1.165) is 6.07 Å². The van der Waals surface area contributed by atoms with Crippen molar-refractivity contribution in [3.63, 3.8) is 0 Å². The van der Waals surface area contributed by atoms with Gasteiger partial charge in [0.05, 0.1) is 13.2 Å². The molecule has 1 aliphatic rings.